The fourth-order valence-corrected chi connectivity index (χ4v) is 3.38. The van der Waals surface area contributed by atoms with Crippen molar-refractivity contribution in [1.82, 2.24) is 14.7 Å². The Balaban J connectivity index is 1.85. The summed E-state index contributed by atoms with van der Waals surface area (Å²) in [6, 6.07) is 5.52. The van der Waals surface area contributed by atoms with Gasteiger partial charge < -0.3 is 14.3 Å². The largest absolute Gasteiger partial charge is 0.468 e. The average molecular weight is 363 g/mol. The van der Waals surface area contributed by atoms with Crippen LogP contribution in [-0.4, -0.2) is 51.6 Å². The molecule has 3 rings (SSSR count). The Kier molecular flexibility index (Phi) is 5.03. The van der Waals surface area contributed by atoms with Gasteiger partial charge in [0.1, 0.15) is 6.04 Å². The van der Waals surface area contributed by atoms with Crippen LogP contribution in [0.5, 0.6) is 0 Å². The zero-order valence-corrected chi connectivity index (χ0v) is 15.2. The summed E-state index contributed by atoms with van der Waals surface area (Å²) in [6.45, 7) is 4.63. The lowest BCUT2D eigenvalue weighted by Gasteiger charge is -2.21. The van der Waals surface area contributed by atoms with Gasteiger partial charge in [-0.2, -0.15) is 0 Å². The number of rotatable bonds is 4. The normalized spacial score (nSPS) is 20.8. The van der Waals surface area contributed by atoms with E-state index in [-0.39, 0.29) is 17.5 Å². The van der Waals surface area contributed by atoms with Crippen LogP contribution in [0.15, 0.2) is 22.6 Å². The minimum Gasteiger partial charge on any atom is -0.468 e. The first-order chi connectivity index (χ1) is 11.9. The maximum absolute atomic E-state index is 11.9. The van der Waals surface area contributed by atoms with E-state index in [1.165, 1.54) is 11.8 Å². The number of benzene rings is 1. The third-order valence-corrected chi connectivity index (χ3v) is 4.54. The summed E-state index contributed by atoms with van der Waals surface area (Å²) in [7, 11) is 1.34. The number of methoxy groups -OCH3 is 1. The molecule has 1 fully saturated rings. The van der Waals surface area contributed by atoms with Gasteiger partial charge in [0, 0.05) is 18.5 Å². The molecule has 2 atom stereocenters. The number of hydrogen-bond donors (Lipinski definition) is 1. The minimum absolute atomic E-state index is 0.221. The summed E-state index contributed by atoms with van der Waals surface area (Å²) in [4.78, 5) is 13.9. The number of aliphatic hydroxyl groups excluding tert-OH is 1. The van der Waals surface area contributed by atoms with Crippen LogP contribution in [0.1, 0.15) is 17.5 Å². The van der Waals surface area contributed by atoms with Crippen LogP contribution in [0.2, 0.25) is 0 Å². The van der Waals surface area contributed by atoms with Gasteiger partial charge in [0.2, 0.25) is 5.89 Å². The molecule has 0 amide bonds. The summed E-state index contributed by atoms with van der Waals surface area (Å²) in [5.41, 5.74) is 3.08. The fourth-order valence-electron chi connectivity index (χ4n) is 3.20. The number of aryl methyl sites for hydroxylation is 2. The third-order valence-electron chi connectivity index (χ3n) is 4.25. The number of β-amino-alcohol motifs (C(OH)–C–C–N with tert-alkyl or cyclic N) is 1. The Morgan fingerprint density at radius 1 is 1.40 bits per heavy atom. The van der Waals surface area contributed by atoms with Crippen molar-refractivity contribution in [2.45, 2.75) is 39.1 Å². The highest BCUT2D eigenvalue weighted by molar-refractivity contribution is 7.71. The summed E-state index contributed by atoms with van der Waals surface area (Å²) in [5, 5.41) is 14.3. The molecule has 2 aromatic rings. The minimum atomic E-state index is -0.580. The SMILES string of the molecule is COC(=O)[C@@H]1C[C@H](O)CN1Cn1nc(-c2cc(C)cc(C)c2)oc1=S. The van der Waals surface area contributed by atoms with Gasteiger partial charge >= 0.3 is 5.97 Å². The van der Waals surface area contributed by atoms with Gasteiger partial charge in [0.25, 0.3) is 4.84 Å². The predicted molar refractivity (Wildman–Crippen MR) is 93.4 cm³/mol. The second kappa shape index (κ2) is 7.07. The highest BCUT2D eigenvalue weighted by Crippen LogP contribution is 2.23. The van der Waals surface area contributed by atoms with E-state index in [1.807, 2.05) is 26.0 Å². The molecule has 1 aromatic carbocycles. The molecule has 0 spiro atoms. The van der Waals surface area contributed by atoms with Crippen LogP contribution in [0.25, 0.3) is 11.5 Å². The number of carbonyl (C=O) groups is 1. The zero-order chi connectivity index (χ0) is 18.1. The van der Waals surface area contributed by atoms with Crippen LogP contribution in [0.3, 0.4) is 0 Å². The Labute approximate surface area is 150 Å². The number of hydrogen-bond acceptors (Lipinski definition) is 7. The first-order valence-electron chi connectivity index (χ1n) is 8.04. The second-order valence-corrected chi connectivity index (χ2v) is 6.74. The van der Waals surface area contributed by atoms with Gasteiger partial charge in [0.15, 0.2) is 0 Å². The molecule has 8 heteroatoms. The Morgan fingerprint density at radius 3 is 2.72 bits per heavy atom. The van der Waals surface area contributed by atoms with Crippen molar-refractivity contribution in [3.8, 4) is 11.5 Å². The van der Waals surface area contributed by atoms with Gasteiger partial charge in [-0.25, -0.2) is 4.68 Å². The number of esters is 1. The average Bonchev–Trinajstić information content (AvgIpc) is 3.09. The quantitative estimate of drug-likeness (QED) is 0.658. The highest BCUT2D eigenvalue weighted by atomic mass is 32.1. The van der Waals surface area contributed by atoms with Crippen LogP contribution >= 0.6 is 12.2 Å². The molecule has 1 saturated heterocycles. The molecular weight excluding hydrogens is 342 g/mol. The molecule has 25 heavy (non-hydrogen) atoms. The number of ether oxygens (including phenoxy) is 1. The number of nitrogens with zero attached hydrogens (tertiary/aromatic N) is 3. The lowest BCUT2D eigenvalue weighted by Crippen LogP contribution is -2.38. The van der Waals surface area contributed by atoms with E-state index in [2.05, 4.69) is 11.2 Å². The van der Waals surface area contributed by atoms with Gasteiger partial charge in [0.05, 0.1) is 19.9 Å². The van der Waals surface area contributed by atoms with Gasteiger partial charge in [-0.3, -0.25) is 9.69 Å². The molecular formula is C17H21N3O4S. The number of aliphatic hydroxyl groups is 1. The van der Waals surface area contributed by atoms with Crippen LogP contribution in [0, 0.1) is 18.7 Å². The predicted octanol–water partition coefficient (Wildman–Crippen LogP) is 2.06. The molecule has 1 aromatic heterocycles. The van der Waals surface area contributed by atoms with Gasteiger partial charge in [-0.15, -0.1) is 5.10 Å². The topological polar surface area (TPSA) is 80.7 Å². The lowest BCUT2D eigenvalue weighted by molar-refractivity contribution is -0.146. The molecule has 0 saturated carbocycles. The van der Waals surface area contributed by atoms with E-state index in [0.717, 1.165) is 16.7 Å². The standard InChI is InChI=1S/C17H21N3O4S/c1-10-4-11(2)6-12(5-10)15-18-20(17(25)24-15)9-19-8-13(21)7-14(19)16(22)23-3/h4-6,13-14,21H,7-9H2,1-3H3/t13-,14-/m0/s1. The van der Waals surface area contributed by atoms with E-state index < -0.39 is 12.1 Å². The van der Waals surface area contributed by atoms with E-state index in [1.54, 1.807) is 4.90 Å². The summed E-state index contributed by atoms with van der Waals surface area (Å²) < 4.78 is 12.0. The van der Waals surface area contributed by atoms with Gasteiger partial charge in [-0.1, -0.05) is 17.2 Å². The van der Waals surface area contributed by atoms with E-state index in [4.69, 9.17) is 21.4 Å². The van der Waals surface area contributed by atoms with Crippen molar-refractivity contribution < 1.29 is 19.1 Å². The summed E-state index contributed by atoms with van der Waals surface area (Å²) >= 11 is 5.26. The molecule has 0 aliphatic carbocycles. The van der Waals surface area contributed by atoms with Crippen molar-refractivity contribution >= 4 is 18.2 Å². The van der Waals surface area contributed by atoms with Crippen molar-refractivity contribution in [3.05, 3.63) is 34.2 Å². The Bertz CT molecular complexity index is 824. The first-order valence-corrected chi connectivity index (χ1v) is 8.44. The van der Waals surface area contributed by atoms with Crippen LogP contribution < -0.4 is 0 Å². The lowest BCUT2D eigenvalue weighted by atomic mass is 10.1. The molecule has 7 nitrogen and oxygen atoms in total. The molecule has 0 unspecified atom stereocenters. The maximum Gasteiger partial charge on any atom is 0.323 e. The molecule has 134 valence electrons. The second-order valence-electron chi connectivity index (χ2n) is 6.39. The number of likely N-dealkylation sites (tertiary alicyclic amines) is 1. The number of aromatic nitrogens is 2. The van der Waals surface area contributed by atoms with Crippen LogP contribution in [0.4, 0.5) is 0 Å². The smallest absolute Gasteiger partial charge is 0.323 e. The zero-order valence-electron chi connectivity index (χ0n) is 14.4. The monoisotopic (exact) mass is 363 g/mol. The Morgan fingerprint density at radius 2 is 2.08 bits per heavy atom. The molecule has 0 radical (unpaired) electrons. The highest BCUT2D eigenvalue weighted by Gasteiger charge is 2.37. The fraction of sp³-hybridized carbons (Fsp3) is 0.471. The van der Waals surface area contributed by atoms with Crippen molar-refractivity contribution in [3.63, 3.8) is 0 Å². The molecule has 0 bridgehead atoms. The Hall–Kier alpha value is -2.03. The number of carbonyl (C=O) groups excluding carboxylic acids is 1. The molecule has 1 aliphatic heterocycles. The maximum atomic E-state index is 11.9. The van der Waals surface area contributed by atoms with E-state index >= 15 is 0 Å². The molecule has 2 heterocycles. The third kappa shape index (κ3) is 3.81. The summed E-state index contributed by atoms with van der Waals surface area (Å²) in [5.74, 6) is 0.0623. The summed E-state index contributed by atoms with van der Waals surface area (Å²) in [6.07, 6.45) is -0.244. The van der Waals surface area contributed by atoms with Crippen molar-refractivity contribution in [2.24, 2.45) is 0 Å². The van der Waals surface area contributed by atoms with Gasteiger partial charge in [-0.05, 0) is 38.2 Å². The van der Waals surface area contributed by atoms with Crippen molar-refractivity contribution in [2.75, 3.05) is 13.7 Å². The van der Waals surface area contributed by atoms with E-state index in [9.17, 15) is 9.90 Å². The van der Waals surface area contributed by atoms with Crippen LogP contribution in [-0.2, 0) is 16.2 Å². The van der Waals surface area contributed by atoms with E-state index in [0.29, 0.717) is 18.9 Å². The molecule has 1 aliphatic rings. The first kappa shape index (κ1) is 17.8. The van der Waals surface area contributed by atoms with Crippen molar-refractivity contribution in [1.29, 1.82) is 0 Å². The molecule has 1 N–H and O–H groups in total.